The van der Waals surface area contributed by atoms with Crippen molar-refractivity contribution in [2.24, 2.45) is 5.92 Å². The van der Waals surface area contributed by atoms with Gasteiger partial charge in [-0.25, -0.2) is 9.37 Å². The highest BCUT2D eigenvalue weighted by Gasteiger charge is 2.42. The van der Waals surface area contributed by atoms with Crippen LogP contribution in [0.5, 0.6) is 0 Å². The quantitative estimate of drug-likeness (QED) is 0.516. The molecule has 2 aromatic carbocycles. The molecule has 0 atom stereocenters. The van der Waals surface area contributed by atoms with E-state index in [-0.39, 0.29) is 17.6 Å². The summed E-state index contributed by atoms with van der Waals surface area (Å²) in [5.74, 6) is 1.33. The number of hydrogen-bond donors (Lipinski definition) is 1. The Morgan fingerprint density at radius 3 is 2.47 bits per heavy atom. The van der Waals surface area contributed by atoms with Gasteiger partial charge in [0.1, 0.15) is 23.2 Å². The number of rotatable bonds is 4. The Balaban J connectivity index is 1.86. The van der Waals surface area contributed by atoms with Crippen LogP contribution in [0.4, 0.5) is 15.9 Å². The molecule has 1 aromatic heterocycles. The third-order valence-electron chi connectivity index (χ3n) is 6.04. The highest BCUT2D eigenvalue weighted by atomic mass is 35.5. The molecule has 1 N–H and O–H groups in total. The van der Waals surface area contributed by atoms with E-state index in [1.165, 1.54) is 12.1 Å². The normalized spacial score (nSPS) is 15.1. The molecule has 3 aromatic rings. The van der Waals surface area contributed by atoms with Crippen molar-refractivity contribution in [3.05, 3.63) is 64.7 Å². The second kappa shape index (κ2) is 8.24. The van der Waals surface area contributed by atoms with Gasteiger partial charge in [-0.05, 0) is 68.8 Å². The summed E-state index contributed by atoms with van der Waals surface area (Å²) in [6.45, 7) is 11.0. The molecule has 1 amide bonds. The van der Waals surface area contributed by atoms with Crippen molar-refractivity contribution in [1.82, 2.24) is 14.5 Å². The van der Waals surface area contributed by atoms with Gasteiger partial charge in [0.2, 0.25) is 5.91 Å². The van der Waals surface area contributed by atoms with Crippen molar-refractivity contribution in [2.45, 2.75) is 46.7 Å². The van der Waals surface area contributed by atoms with E-state index in [1.54, 1.807) is 12.1 Å². The van der Waals surface area contributed by atoms with Crippen LogP contribution >= 0.6 is 11.6 Å². The molecule has 1 aliphatic heterocycles. The molecule has 168 valence electrons. The van der Waals surface area contributed by atoms with Gasteiger partial charge in [-0.2, -0.15) is 0 Å². The van der Waals surface area contributed by atoms with Gasteiger partial charge in [-0.15, -0.1) is 0 Å². The molecule has 0 unspecified atom stereocenters. The zero-order valence-corrected chi connectivity index (χ0v) is 19.8. The van der Waals surface area contributed by atoms with Crippen molar-refractivity contribution in [1.29, 1.82) is 0 Å². The Hall–Kier alpha value is -2.86. The molecule has 5 nitrogen and oxygen atoms in total. The molecular formula is C25H28ClFN4O. The van der Waals surface area contributed by atoms with E-state index in [0.717, 1.165) is 34.2 Å². The van der Waals surface area contributed by atoms with E-state index >= 15 is 0 Å². The fourth-order valence-corrected chi connectivity index (χ4v) is 4.35. The van der Waals surface area contributed by atoms with Gasteiger partial charge < -0.3 is 14.8 Å². The molecule has 2 heterocycles. The van der Waals surface area contributed by atoms with Crippen molar-refractivity contribution in [2.75, 3.05) is 11.9 Å². The van der Waals surface area contributed by atoms with Crippen LogP contribution in [0.2, 0.25) is 5.02 Å². The minimum absolute atomic E-state index is 0.0954. The molecule has 0 fully saturated rings. The zero-order valence-electron chi connectivity index (χ0n) is 19.0. The maximum Gasteiger partial charge on any atom is 0.226 e. The average Bonchev–Trinajstić information content (AvgIpc) is 3.10. The summed E-state index contributed by atoms with van der Waals surface area (Å²) in [6, 6.07) is 12.1. The van der Waals surface area contributed by atoms with Crippen LogP contribution in [-0.4, -0.2) is 26.9 Å². The third kappa shape index (κ3) is 3.88. The van der Waals surface area contributed by atoms with Gasteiger partial charge in [-0.1, -0.05) is 25.4 Å². The van der Waals surface area contributed by atoms with Gasteiger partial charge in [0.15, 0.2) is 0 Å². The second-order valence-corrected chi connectivity index (χ2v) is 9.49. The Labute approximate surface area is 193 Å². The average molecular weight is 455 g/mol. The number of hydrogen-bond acceptors (Lipinski definition) is 3. The van der Waals surface area contributed by atoms with Gasteiger partial charge in [0.05, 0.1) is 5.54 Å². The standard InChI is InChI=1S/C25H28ClFN4O/c1-15(2)23(32)31-13-12-30-22(28-19-10-11-20(26)16(3)14-19)21(29-24(30)25(31,4)5)17-6-8-18(27)9-7-17/h6-11,14-15,28H,12-13H2,1-5H3. The number of aromatic nitrogens is 2. The summed E-state index contributed by atoms with van der Waals surface area (Å²) in [5.41, 5.74) is 2.78. The van der Waals surface area contributed by atoms with Crippen LogP contribution in [0.25, 0.3) is 11.3 Å². The van der Waals surface area contributed by atoms with Crippen molar-refractivity contribution in [3.8, 4) is 11.3 Å². The first kappa shape index (κ1) is 22.3. The number of carbonyl (C=O) groups excluding carboxylic acids is 1. The Kier molecular flexibility index (Phi) is 5.76. The molecule has 0 saturated carbocycles. The van der Waals surface area contributed by atoms with Crippen LogP contribution in [0.15, 0.2) is 42.5 Å². The molecular weight excluding hydrogens is 427 g/mol. The largest absolute Gasteiger partial charge is 0.340 e. The van der Waals surface area contributed by atoms with Crippen molar-refractivity contribution < 1.29 is 9.18 Å². The molecule has 1 aliphatic rings. The van der Waals surface area contributed by atoms with Gasteiger partial charge in [0.25, 0.3) is 0 Å². The highest BCUT2D eigenvalue weighted by molar-refractivity contribution is 6.31. The van der Waals surface area contributed by atoms with E-state index in [9.17, 15) is 9.18 Å². The molecule has 4 rings (SSSR count). The number of carbonyl (C=O) groups is 1. The van der Waals surface area contributed by atoms with Crippen LogP contribution in [0, 0.1) is 18.7 Å². The number of nitrogens with zero attached hydrogens (tertiary/aromatic N) is 3. The summed E-state index contributed by atoms with van der Waals surface area (Å²) in [6.07, 6.45) is 0. The first-order chi connectivity index (χ1) is 15.1. The summed E-state index contributed by atoms with van der Waals surface area (Å²) in [5, 5.41) is 4.21. The summed E-state index contributed by atoms with van der Waals surface area (Å²) in [7, 11) is 0. The molecule has 0 bridgehead atoms. The number of aryl methyl sites for hydroxylation is 1. The molecule has 32 heavy (non-hydrogen) atoms. The first-order valence-electron chi connectivity index (χ1n) is 10.8. The summed E-state index contributed by atoms with van der Waals surface area (Å²) >= 11 is 6.21. The lowest BCUT2D eigenvalue weighted by Crippen LogP contribution is -2.53. The van der Waals surface area contributed by atoms with E-state index < -0.39 is 5.54 Å². The lowest BCUT2D eigenvalue weighted by atomic mass is 9.97. The molecule has 0 aliphatic carbocycles. The number of amides is 1. The molecule has 0 saturated heterocycles. The van der Waals surface area contributed by atoms with E-state index in [0.29, 0.717) is 18.1 Å². The fraction of sp³-hybridized carbons (Fsp3) is 0.360. The predicted molar refractivity (Wildman–Crippen MR) is 127 cm³/mol. The highest BCUT2D eigenvalue weighted by Crippen LogP contribution is 2.40. The Morgan fingerprint density at radius 1 is 1.16 bits per heavy atom. The Morgan fingerprint density at radius 2 is 1.84 bits per heavy atom. The lowest BCUT2D eigenvalue weighted by Gasteiger charge is -2.43. The number of halogens is 2. The van der Waals surface area contributed by atoms with Crippen molar-refractivity contribution in [3.63, 3.8) is 0 Å². The number of benzene rings is 2. The number of anilines is 2. The van der Waals surface area contributed by atoms with Gasteiger partial charge >= 0.3 is 0 Å². The van der Waals surface area contributed by atoms with Crippen LogP contribution in [0.1, 0.15) is 39.1 Å². The van der Waals surface area contributed by atoms with Gasteiger partial charge in [-0.3, -0.25) is 4.79 Å². The van der Waals surface area contributed by atoms with E-state index in [1.807, 2.05) is 57.7 Å². The maximum absolute atomic E-state index is 13.6. The maximum atomic E-state index is 13.6. The summed E-state index contributed by atoms with van der Waals surface area (Å²) in [4.78, 5) is 19.8. The molecule has 7 heteroatoms. The molecule has 0 radical (unpaired) electrons. The van der Waals surface area contributed by atoms with Crippen molar-refractivity contribution >= 4 is 29.0 Å². The number of nitrogens with one attached hydrogen (secondary N) is 1. The SMILES string of the molecule is Cc1cc(Nc2c(-c3ccc(F)cc3)nc3n2CCN(C(=O)C(C)C)C3(C)C)ccc1Cl. The van der Waals surface area contributed by atoms with Crippen LogP contribution in [-0.2, 0) is 16.9 Å². The number of fused-ring (bicyclic) bond motifs is 1. The molecule has 0 spiro atoms. The van der Waals surface area contributed by atoms with Gasteiger partial charge in [0, 0.05) is 35.3 Å². The first-order valence-corrected chi connectivity index (χ1v) is 11.2. The van der Waals surface area contributed by atoms with Crippen LogP contribution in [0.3, 0.4) is 0 Å². The summed E-state index contributed by atoms with van der Waals surface area (Å²) < 4.78 is 15.7. The minimum Gasteiger partial charge on any atom is -0.340 e. The third-order valence-corrected chi connectivity index (χ3v) is 6.46. The van der Waals surface area contributed by atoms with E-state index in [2.05, 4.69) is 9.88 Å². The Bertz CT molecular complexity index is 1170. The monoisotopic (exact) mass is 454 g/mol. The minimum atomic E-state index is -0.593. The van der Waals surface area contributed by atoms with E-state index in [4.69, 9.17) is 16.6 Å². The smallest absolute Gasteiger partial charge is 0.226 e. The fourth-order valence-electron chi connectivity index (χ4n) is 4.23. The van der Waals surface area contributed by atoms with Crippen LogP contribution < -0.4 is 5.32 Å². The second-order valence-electron chi connectivity index (χ2n) is 9.08. The topological polar surface area (TPSA) is 50.2 Å². The lowest BCUT2D eigenvalue weighted by molar-refractivity contribution is -0.142. The number of imidazole rings is 1. The zero-order chi connectivity index (χ0) is 23.2. The predicted octanol–water partition coefficient (Wildman–Crippen LogP) is 6.13.